The van der Waals surface area contributed by atoms with Crippen molar-refractivity contribution in [3.8, 4) is 5.69 Å². The molecule has 0 bridgehead atoms. The van der Waals surface area contributed by atoms with Gasteiger partial charge in [0, 0.05) is 13.1 Å². The molecule has 7 nitrogen and oxygen atoms in total. The monoisotopic (exact) mass is 434 g/mol. The van der Waals surface area contributed by atoms with Crippen LogP contribution in [-0.4, -0.2) is 38.7 Å². The smallest absolute Gasteiger partial charge is 0.252 e. The van der Waals surface area contributed by atoms with Crippen LogP contribution in [0.2, 0.25) is 5.02 Å². The Bertz CT molecular complexity index is 1270. The van der Waals surface area contributed by atoms with E-state index < -0.39 is 0 Å². The fourth-order valence-electron chi connectivity index (χ4n) is 3.49. The van der Waals surface area contributed by atoms with Gasteiger partial charge in [-0.05, 0) is 44.5 Å². The van der Waals surface area contributed by atoms with Crippen molar-refractivity contribution in [3.05, 3.63) is 76.2 Å². The molecular formula is C23H23ClN6O. The number of hydrogen-bond acceptors (Lipinski definition) is 5. The van der Waals surface area contributed by atoms with E-state index in [-0.39, 0.29) is 5.91 Å². The van der Waals surface area contributed by atoms with Gasteiger partial charge in [-0.1, -0.05) is 41.9 Å². The van der Waals surface area contributed by atoms with Gasteiger partial charge in [0.15, 0.2) is 5.65 Å². The van der Waals surface area contributed by atoms with Crippen molar-refractivity contribution in [2.24, 2.45) is 0 Å². The number of carbonyl (C=O) groups excluding carboxylic acids is 1. The first-order chi connectivity index (χ1) is 15.0. The lowest BCUT2D eigenvalue weighted by atomic mass is 10.2. The minimum Gasteiger partial charge on any atom is -0.368 e. The highest BCUT2D eigenvalue weighted by atomic mass is 35.5. The van der Waals surface area contributed by atoms with Crippen LogP contribution in [0.25, 0.3) is 16.7 Å². The number of benzene rings is 2. The van der Waals surface area contributed by atoms with Crippen LogP contribution in [0.4, 0.5) is 5.82 Å². The Morgan fingerprint density at radius 2 is 1.74 bits per heavy atom. The summed E-state index contributed by atoms with van der Waals surface area (Å²) in [4.78, 5) is 21.5. The molecule has 2 aromatic heterocycles. The van der Waals surface area contributed by atoms with Crippen LogP contribution in [-0.2, 0) is 0 Å². The maximum Gasteiger partial charge on any atom is 0.252 e. The molecule has 0 spiro atoms. The van der Waals surface area contributed by atoms with Gasteiger partial charge in [-0.25, -0.2) is 14.6 Å². The Labute approximate surface area is 185 Å². The summed E-state index contributed by atoms with van der Waals surface area (Å²) in [5, 5.41) is 12.2. The summed E-state index contributed by atoms with van der Waals surface area (Å²) < 4.78 is 1.86. The quantitative estimate of drug-likeness (QED) is 0.443. The third kappa shape index (κ3) is 4.22. The summed E-state index contributed by atoms with van der Waals surface area (Å²) in [6.07, 6.45) is 0. The number of aromatic nitrogens is 4. The van der Waals surface area contributed by atoms with Crippen LogP contribution in [0.3, 0.4) is 0 Å². The molecule has 0 aliphatic rings. The molecule has 0 fully saturated rings. The molecule has 0 aliphatic carbocycles. The first-order valence-electron chi connectivity index (χ1n) is 10.0. The van der Waals surface area contributed by atoms with Gasteiger partial charge in [-0.15, -0.1) is 0 Å². The second-order valence-electron chi connectivity index (χ2n) is 7.26. The van der Waals surface area contributed by atoms with E-state index in [9.17, 15) is 4.79 Å². The van der Waals surface area contributed by atoms with Crippen LogP contribution in [0, 0.1) is 20.8 Å². The van der Waals surface area contributed by atoms with E-state index in [1.165, 1.54) is 0 Å². The van der Waals surface area contributed by atoms with Gasteiger partial charge in [0.05, 0.1) is 27.4 Å². The number of amides is 1. The Hall–Kier alpha value is -3.45. The molecule has 8 heteroatoms. The van der Waals surface area contributed by atoms with E-state index in [1.807, 2.05) is 49.7 Å². The van der Waals surface area contributed by atoms with Gasteiger partial charge in [0.25, 0.3) is 5.91 Å². The van der Waals surface area contributed by atoms with Gasteiger partial charge in [0.1, 0.15) is 11.6 Å². The molecule has 2 aromatic carbocycles. The van der Waals surface area contributed by atoms with Crippen LogP contribution >= 0.6 is 11.6 Å². The lowest BCUT2D eigenvalue weighted by molar-refractivity contribution is 0.0955. The van der Waals surface area contributed by atoms with E-state index in [0.717, 1.165) is 28.0 Å². The lowest BCUT2D eigenvalue weighted by Crippen LogP contribution is -2.29. The molecule has 158 valence electrons. The average molecular weight is 435 g/mol. The number of aryl methyl sites for hydroxylation is 3. The van der Waals surface area contributed by atoms with Gasteiger partial charge in [0.2, 0.25) is 0 Å². The van der Waals surface area contributed by atoms with Gasteiger partial charge < -0.3 is 10.6 Å². The van der Waals surface area contributed by atoms with E-state index in [1.54, 1.807) is 24.3 Å². The normalized spacial score (nSPS) is 11.0. The zero-order valence-electron chi connectivity index (χ0n) is 17.6. The standard InChI is InChI=1S/C23H23ClN6O/c1-14-8-4-7-11-19(14)30-22-20(15(2)29-30)21(27-16(3)28-22)25-12-13-26-23(31)17-9-5-6-10-18(17)24/h4-11H,12-13H2,1-3H3,(H,26,31)(H,25,27,28). The Morgan fingerprint density at radius 3 is 2.52 bits per heavy atom. The van der Waals surface area contributed by atoms with Crippen LogP contribution in [0.1, 0.15) is 27.4 Å². The number of hydrogen-bond donors (Lipinski definition) is 2. The molecule has 31 heavy (non-hydrogen) atoms. The minimum absolute atomic E-state index is 0.208. The minimum atomic E-state index is -0.208. The van der Waals surface area contributed by atoms with Gasteiger partial charge >= 0.3 is 0 Å². The zero-order valence-corrected chi connectivity index (χ0v) is 18.4. The third-order valence-electron chi connectivity index (χ3n) is 4.98. The number of nitrogens with one attached hydrogen (secondary N) is 2. The first kappa shape index (κ1) is 20.8. The van der Waals surface area contributed by atoms with Crippen molar-refractivity contribution in [2.75, 3.05) is 18.4 Å². The fraction of sp³-hybridized carbons (Fsp3) is 0.217. The van der Waals surface area contributed by atoms with Crippen molar-refractivity contribution in [1.29, 1.82) is 0 Å². The molecule has 2 heterocycles. The maximum atomic E-state index is 12.3. The summed E-state index contributed by atoms with van der Waals surface area (Å²) >= 11 is 6.09. The van der Waals surface area contributed by atoms with Gasteiger partial charge in [-0.2, -0.15) is 5.10 Å². The maximum absolute atomic E-state index is 12.3. The molecule has 0 radical (unpaired) electrons. The van der Waals surface area contributed by atoms with Crippen molar-refractivity contribution < 1.29 is 4.79 Å². The van der Waals surface area contributed by atoms with Crippen LogP contribution in [0.5, 0.6) is 0 Å². The number of anilines is 1. The Balaban J connectivity index is 1.54. The van der Waals surface area contributed by atoms with Gasteiger partial charge in [-0.3, -0.25) is 4.79 Å². The third-order valence-corrected chi connectivity index (χ3v) is 5.31. The molecule has 1 amide bonds. The summed E-state index contributed by atoms with van der Waals surface area (Å²) in [5.41, 5.74) is 4.14. The fourth-order valence-corrected chi connectivity index (χ4v) is 3.71. The van der Waals surface area contributed by atoms with Crippen molar-refractivity contribution in [1.82, 2.24) is 25.1 Å². The van der Waals surface area contributed by atoms with E-state index in [4.69, 9.17) is 16.7 Å². The predicted octanol–water partition coefficient (Wildman–Crippen LogP) is 4.24. The molecule has 4 rings (SSSR count). The van der Waals surface area contributed by atoms with Crippen LogP contribution in [0.15, 0.2) is 48.5 Å². The number of para-hydroxylation sites is 1. The van der Waals surface area contributed by atoms with Crippen LogP contribution < -0.4 is 10.6 Å². The Kier molecular flexibility index (Phi) is 5.86. The Morgan fingerprint density at radius 1 is 1.00 bits per heavy atom. The summed E-state index contributed by atoms with van der Waals surface area (Å²) in [7, 11) is 0. The zero-order chi connectivity index (χ0) is 22.0. The molecule has 2 N–H and O–H groups in total. The first-order valence-corrected chi connectivity index (χ1v) is 10.4. The number of carbonyl (C=O) groups is 1. The highest BCUT2D eigenvalue weighted by molar-refractivity contribution is 6.33. The van der Waals surface area contributed by atoms with Crippen molar-refractivity contribution >= 4 is 34.4 Å². The largest absolute Gasteiger partial charge is 0.368 e. The molecule has 0 unspecified atom stereocenters. The summed E-state index contributed by atoms with van der Waals surface area (Å²) in [5.74, 6) is 1.14. The van der Waals surface area contributed by atoms with E-state index in [0.29, 0.717) is 35.3 Å². The number of nitrogens with zero attached hydrogens (tertiary/aromatic N) is 4. The molecule has 0 atom stereocenters. The predicted molar refractivity (Wildman–Crippen MR) is 123 cm³/mol. The average Bonchev–Trinajstić information content (AvgIpc) is 3.07. The summed E-state index contributed by atoms with van der Waals surface area (Å²) in [6, 6.07) is 15.0. The molecule has 0 aliphatic heterocycles. The second-order valence-corrected chi connectivity index (χ2v) is 7.67. The van der Waals surface area contributed by atoms with E-state index in [2.05, 4.69) is 20.6 Å². The molecule has 4 aromatic rings. The lowest BCUT2D eigenvalue weighted by Gasteiger charge is -2.11. The number of fused-ring (bicyclic) bond motifs is 1. The number of halogens is 1. The topological polar surface area (TPSA) is 84.7 Å². The molecular weight excluding hydrogens is 412 g/mol. The molecule has 0 saturated carbocycles. The second kappa shape index (κ2) is 8.73. The van der Waals surface area contributed by atoms with Crippen molar-refractivity contribution in [3.63, 3.8) is 0 Å². The van der Waals surface area contributed by atoms with E-state index >= 15 is 0 Å². The number of rotatable bonds is 6. The van der Waals surface area contributed by atoms with Crippen molar-refractivity contribution in [2.45, 2.75) is 20.8 Å². The molecule has 0 saturated heterocycles. The highest BCUT2D eigenvalue weighted by Crippen LogP contribution is 2.27. The summed E-state index contributed by atoms with van der Waals surface area (Å²) in [6.45, 7) is 6.76. The SMILES string of the molecule is Cc1nc(NCCNC(=O)c2ccccc2Cl)c2c(C)nn(-c3ccccc3C)c2n1. The highest BCUT2D eigenvalue weighted by Gasteiger charge is 2.17.